The average molecular weight is 187 g/mol. The van der Waals surface area contributed by atoms with Crippen LogP contribution in [-0.4, -0.2) is 10.9 Å². The van der Waals surface area contributed by atoms with Gasteiger partial charge in [0.25, 0.3) is 5.91 Å². The van der Waals surface area contributed by atoms with Crippen molar-refractivity contribution in [1.82, 2.24) is 4.98 Å². The standard InChI is InChI=1S/C10H9N3O/c11-7-2-1-4-8-5-3-6-9(13-8)10(12)14/h1,3-6H,2H2,(H2,12,14). The Morgan fingerprint density at radius 1 is 1.64 bits per heavy atom. The molecule has 0 bridgehead atoms. The number of carbonyl (C=O) groups is 1. The predicted molar refractivity (Wildman–Crippen MR) is 52.0 cm³/mol. The molecule has 1 aromatic heterocycles. The largest absolute Gasteiger partial charge is 0.364 e. The van der Waals surface area contributed by atoms with Gasteiger partial charge in [0.05, 0.1) is 18.2 Å². The van der Waals surface area contributed by atoms with E-state index in [9.17, 15) is 4.79 Å². The third-order valence-electron chi connectivity index (χ3n) is 1.52. The molecule has 1 amide bonds. The van der Waals surface area contributed by atoms with Crippen molar-refractivity contribution in [2.75, 3.05) is 0 Å². The molecular formula is C10H9N3O. The van der Waals surface area contributed by atoms with Crippen molar-refractivity contribution in [3.63, 3.8) is 0 Å². The van der Waals surface area contributed by atoms with Gasteiger partial charge in [0.15, 0.2) is 0 Å². The fraction of sp³-hybridized carbons (Fsp3) is 0.100. The Hall–Kier alpha value is -2.15. The van der Waals surface area contributed by atoms with Crippen LogP contribution in [0.5, 0.6) is 0 Å². The molecule has 1 aromatic rings. The molecule has 1 rings (SSSR count). The fourth-order valence-corrected chi connectivity index (χ4v) is 0.914. The van der Waals surface area contributed by atoms with E-state index in [-0.39, 0.29) is 5.69 Å². The normalized spacial score (nSPS) is 9.93. The van der Waals surface area contributed by atoms with Crippen LogP contribution in [0.2, 0.25) is 0 Å². The quantitative estimate of drug-likeness (QED) is 0.769. The molecule has 0 fully saturated rings. The lowest BCUT2D eigenvalue weighted by Crippen LogP contribution is -2.13. The van der Waals surface area contributed by atoms with E-state index in [0.717, 1.165) is 0 Å². The number of nitriles is 1. The lowest BCUT2D eigenvalue weighted by atomic mass is 10.2. The first-order valence-electron chi connectivity index (χ1n) is 4.04. The van der Waals surface area contributed by atoms with Crippen LogP contribution in [0.3, 0.4) is 0 Å². The van der Waals surface area contributed by atoms with Crippen molar-refractivity contribution < 1.29 is 4.79 Å². The van der Waals surface area contributed by atoms with Gasteiger partial charge in [-0.2, -0.15) is 5.26 Å². The van der Waals surface area contributed by atoms with Gasteiger partial charge in [-0.1, -0.05) is 12.1 Å². The van der Waals surface area contributed by atoms with E-state index in [4.69, 9.17) is 11.0 Å². The Kier molecular flexibility index (Phi) is 3.39. The molecule has 0 radical (unpaired) electrons. The Balaban J connectivity index is 2.85. The van der Waals surface area contributed by atoms with Gasteiger partial charge in [-0.05, 0) is 18.2 Å². The summed E-state index contributed by atoms with van der Waals surface area (Å²) in [6, 6.07) is 6.94. The van der Waals surface area contributed by atoms with Crippen LogP contribution in [0.1, 0.15) is 22.6 Å². The van der Waals surface area contributed by atoms with Crippen LogP contribution in [0, 0.1) is 11.3 Å². The summed E-state index contributed by atoms with van der Waals surface area (Å²) in [7, 11) is 0. The average Bonchev–Trinajstić information content (AvgIpc) is 2.19. The number of pyridine rings is 1. The highest BCUT2D eigenvalue weighted by Crippen LogP contribution is 2.01. The zero-order valence-electron chi connectivity index (χ0n) is 7.47. The molecule has 4 nitrogen and oxygen atoms in total. The number of nitrogens with two attached hydrogens (primary N) is 1. The lowest BCUT2D eigenvalue weighted by Gasteiger charge is -1.95. The van der Waals surface area contributed by atoms with Gasteiger partial charge in [-0.3, -0.25) is 4.79 Å². The monoisotopic (exact) mass is 187 g/mol. The number of primary amides is 1. The van der Waals surface area contributed by atoms with Gasteiger partial charge in [0.2, 0.25) is 0 Å². The molecule has 0 unspecified atom stereocenters. The predicted octanol–water partition coefficient (Wildman–Crippen LogP) is 1.11. The van der Waals surface area contributed by atoms with E-state index in [2.05, 4.69) is 4.98 Å². The first kappa shape index (κ1) is 9.93. The molecule has 0 aromatic carbocycles. The van der Waals surface area contributed by atoms with Crippen LogP contribution in [0.4, 0.5) is 0 Å². The number of allylic oxidation sites excluding steroid dienone is 1. The molecule has 0 saturated heterocycles. The number of carbonyl (C=O) groups excluding carboxylic acids is 1. The Morgan fingerprint density at radius 3 is 3.07 bits per heavy atom. The number of amides is 1. The minimum absolute atomic E-state index is 0.226. The van der Waals surface area contributed by atoms with E-state index in [0.29, 0.717) is 12.1 Å². The zero-order valence-corrected chi connectivity index (χ0v) is 7.47. The molecule has 2 N–H and O–H groups in total. The second-order valence-corrected chi connectivity index (χ2v) is 2.58. The van der Waals surface area contributed by atoms with Gasteiger partial charge in [0.1, 0.15) is 5.69 Å². The Labute approximate surface area is 81.7 Å². The summed E-state index contributed by atoms with van der Waals surface area (Å²) in [5, 5.41) is 8.29. The fourth-order valence-electron chi connectivity index (χ4n) is 0.914. The second-order valence-electron chi connectivity index (χ2n) is 2.58. The Bertz CT molecular complexity index is 404. The molecule has 0 aliphatic rings. The van der Waals surface area contributed by atoms with Crippen molar-refractivity contribution in [2.45, 2.75) is 6.42 Å². The van der Waals surface area contributed by atoms with E-state index >= 15 is 0 Å². The number of hydrogen-bond acceptors (Lipinski definition) is 3. The van der Waals surface area contributed by atoms with E-state index in [1.54, 1.807) is 30.4 Å². The molecule has 14 heavy (non-hydrogen) atoms. The summed E-state index contributed by atoms with van der Waals surface area (Å²) in [5.41, 5.74) is 5.91. The summed E-state index contributed by atoms with van der Waals surface area (Å²) >= 11 is 0. The SMILES string of the molecule is N#CCC=Cc1cccc(C(N)=O)n1. The van der Waals surface area contributed by atoms with Crippen LogP contribution in [0.25, 0.3) is 6.08 Å². The highest BCUT2D eigenvalue weighted by atomic mass is 16.1. The number of hydrogen-bond donors (Lipinski definition) is 1. The minimum atomic E-state index is -0.555. The second kappa shape index (κ2) is 4.77. The minimum Gasteiger partial charge on any atom is -0.364 e. The highest BCUT2D eigenvalue weighted by Gasteiger charge is 2.00. The topological polar surface area (TPSA) is 79.8 Å². The van der Waals surface area contributed by atoms with Crippen molar-refractivity contribution in [1.29, 1.82) is 5.26 Å². The molecular weight excluding hydrogens is 178 g/mol. The zero-order chi connectivity index (χ0) is 10.4. The maximum atomic E-state index is 10.8. The first-order valence-corrected chi connectivity index (χ1v) is 4.04. The van der Waals surface area contributed by atoms with Crippen LogP contribution in [0.15, 0.2) is 24.3 Å². The highest BCUT2D eigenvalue weighted by molar-refractivity contribution is 5.90. The van der Waals surface area contributed by atoms with Gasteiger partial charge in [0, 0.05) is 0 Å². The van der Waals surface area contributed by atoms with Gasteiger partial charge >= 0.3 is 0 Å². The van der Waals surface area contributed by atoms with Crippen molar-refractivity contribution >= 4 is 12.0 Å². The lowest BCUT2D eigenvalue weighted by molar-refractivity contribution is 0.0995. The van der Waals surface area contributed by atoms with Crippen molar-refractivity contribution in [3.8, 4) is 6.07 Å². The smallest absolute Gasteiger partial charge is 0.267 e. The number of rotatable bonds is 3. The van der Waals surface area contributed by atoms with Crippen molar-refractivity contribution in [2.24, 2.45) is 5.73 Å². The molecule has 0 spiro atoms. The third-order valence-corrected chi connectivity index (χ3v) is 1.52. The maximum absolute atomic E-state index is 10.8. The van der Waals surface area contributed by atoms with E-state index in [1.807, 2.05) is 6.07 Å². The summed E-state index contributed by atoms with van der Waals surface area (Å²) in [4.78, 5) is 14.7. The molecule has 0 aliphatic heterocycles. The van der Waals surface area contributed by atoms with Crippen molar-refractivity contribution in [3.05, 3.63) is 35.7 Å². The number of aromatic nitrogens is 1. The first-order chi connectivity index (χ1) is 6.74. The summed E-state index contributed by atoms with van der Waals surface area (Å²) in [6.45, 7) is 0. The molecule has 0 saturated carbocycles. The summed E-state index contributed by atoms with van der Waals surface area (Å²) in [6.07, 6.45) is 3.67. The molecule has 70 valence electrons. The van der Waals surface area contributed by atoms with Gasteiger partial charge in [-0.25, -0.2) is 4.98 Å². The molecule has 4 heteroatoms. The van der Waals surface area contributed by atoms with Gasteiger partial charge < -0.3 is 5.73 Å². The Morgan fingerprint density at radius 2 is 2.43 bits per heavy atom. The van der Waals surface area contributed by atoms with Crippen LogP contribution < -0.4 is 5.73 Å². The van der Waals surface area contributed by atoms with Crippen LogP contribution >= 0.6 is 0 Å². The molecule has 0 aliphatic carbocycles. The third kappa shape index (κ3) is 2.72. The number of nitrogens with zero attached hydrogens (tertiary/aromatic N) is 2. The molecule has 0 atom stereocenters. The van der Waals surface area contributed by atoms with E-state index < -0.39 is 5.91 Å². The maximum Gasteiger partial charge on any atom is 0.267 e. The summed E-state index contributed by atoms with van der Waals surface area (Å²) in [5.74, 6) is -0.555. The molecule has 1 heterocycles. The summed E-state index contributed by atoms with van der Waals surface area (Å²) < 4.78 is 0. The van der Waals surface area contributed by atoms with Gasteiger partial charge in [-0.15, -0.1) is 0 Å². The van der Waals surface area contributed by atoms with E-state index in [1.165, 1.54) is 0 Å². The van der Waals surface area contributed by atoms with Crippen LogP contribution in [-0.2, 0) is 0 Å².